The van der Waals surface area contributed by atoms with Crippen LogP contribution in [-0.2, 0) is 0 Å². The second kappa shape index (κ2) is 6.09. The third-order valence-electron chi connectivity index (χ3n) is 3.93. The van der Waals surface area contributed by atoms with E-state index < -0.39 is 5.91 Å². The quantitative estimate of drug-likeness (QED) is 0.534. The van der Waals surface area contributed by atoms with E-state index in [1.807, 2.05) is 30.5 Å². The zero-order valence-corrected chi connectivity index (χ0v) is 13.2. The normalized spacial score (nSPS) is 10.7. The monoisotopic (exact) mass is 329 g/mol. The van der Waals surface area contributed by atoms with Crippen molar-refractivity contribution in [2.24, 2.45) is 5.73 Å². The van der Waals surface area contributed by atoms with Gasteiger partial charge in [-0.2, -0.15) is 0 Å². The fourth-order valence-corrected chi connectivity index (χ4v) is 2.65. The van der Waals surface area contributed by atoms with Gasteiger partial charge in [0.1, 0.15) is 5.82 Å². The van der Waals surface area contributed by atoms with E-state index in [2.05, 4.69) is 20.3 Å². The molecule has 0 radical (unpaired) electrons. The predicted octanol–water partition coefficient (Wildman–Crippen LogP) is 3.47. The Balaban J connectivity index is 1.61. The molecule has 2 aromatic carbocycles. The predicted molar refractivity (Wildman–Crippen MR) is 97.6 cm³/mol. The molecule has 25 heavy (non-hydrogen) atoms. The molecule has 1 amide bonds. The first-order valence-corrected chi connectivity index (χ1v) is 7.75. The first-order chi connectivity index (χ1) is 12.2. The summed E-state index contributed by atoms with van der Waals surface area (Å²) in [5.74, 6) is 0.194. The smallest absolute Gasteiger partial charge is 0.248 e. The van der Waals surface area contributed by atoms with Crippen molar-refractivity contribution in [3.63, 3.8) is 0 Å². The number of hydrogen-bond donors (Lipinski definition) is 3. The Hall–Kier alpha value is -3.67. The van der Waals surface area contributed by atoms with Gasteiger partial charge in [-0.05, 0) is 36.4 Å². The molecule has 0 fully saturated rings. The van der Waals surface area contributed by atoms with Crippen molar-refractivity contribution < 1.29 is 4.79 Å². The Labute approximate surface area is 143 Å². The molecule has 4 aromatic rings. The molecule has 122 valence electrons. The molecule has 0 saturated heterocycles. The number of carbonyl (C=O) groups is 1. The van der Waals surface area contributed by atoms with E-state index in [-0.39, 0.29) is 0 Å². The van der Waals surface area contributed by atoms with E-state index in [0.29, 0.717) is 17.1 Å². The summed E-state index contributed by atoms with van der Waals surface area (Å²) in [7, 11) is 0. The first kappa shape index (κ1) is 14.9. The van der Waals surface area contributed by atoms with E-state index in [9.17, 15) is 4.79 Å². The lowest BCUT2D eigenvalue weighted by molar-refractivity contribution is 0.100. The highest BCUT2D eigenvalue weighted by Crippen LogP contribution is 2.23. The van der Waals surface area contributed by atoms with Crippen LogP contribution in [0.25, 0.3) is 22.2 Å². The number of aromatic amines is 1. The maximum absolute atomic E-state index is 11.2. The number of H-pyrrole nitrogens is 1. The molecule has 4 rings (SSSR count). The topological polar surface area (TPSA) is 96.7 Å². The SMILES string of the molecule is NC(=O)c1ccc(-c2cncc(Nc3ccc4[nH]ccc4c3)n2)cc1. The van der Waals surface area contributed by atoms with Crippen LogP contribution >= 0.6 is 0 Å². The number of rotatable bonds is 4. The van der Waals surface area contributed by atoms with Gasteiger partial charge in [0.2, 0.25) is 5.91 Å². The molecule has 0 spiro atoms. The summed E-state index contributed by atoms with van der Waals surface area (Å²) in [4.78, 5) is 23.2. The molecule has 0 unspecified atom stereocenters. The lowest BCUT2D eigenvalue weighted by Gasteiger charge is -2.08. The lowest BCUT2D eigenvalue weighted by atomic mass is 10.1. The van der Waals surface area contributed by atoms with E-state index in [4.69, 9.17) is 5.73 Å². The van der Waals surface area contributed by atoms with Crippen molar-refractivity contribution in [3.8, 4) is 11.3 Å². The number of nitrogens with two attached hydrogens (primary N) is 1. The molecule has 0 bridgehead atoms. The number of fused-ring (bicyclic) bond motifs is 1. The summed E-state index contributed by atoms with van der Waals surface area (Å²) in [6.45, 7) is 0. The van der Waals surface area contributed by atoms with Crippen molar-refractivity contribution in [3.05, 3.63) is 72.7 Å². The average molecular weight is 329 g/mol. The molecular weight excluding hydrogens is 314 g/mol. The molecule has 0 aliphatic heterocycles. The number of aromatic nitrogens is 3. The van der Waals surface area contributed by atoms with E-state index >= 15 is 0 Å². The van der Waals surface area contributed by atoms with Crippen LogP contribution in [0.3, 0.4) is 0 Å². The molecule has 4 N–H and O–H groups in total. The summed E-state index contributed by atoms with van der Waals surface area (Å²) in [6.07, 6.45) is 5.26. The Morgan fingerprint density at radius 3 is 2.68 bits per heavy atom. The van der Waals surface area contributed by atoms with Crippen LogP contribution in [0.15, 0.2) is 67.1 Å². The van der Waals surface area contributed by atoms with Crippen LogP contribution < -0.4 is 11.1 Å². The van der Waals surface area contributed by atoms with Crippen LogP contribution in [0.5, 0.6) is 0 Å². The first-order valence-electron chi connectivity index (χ1n) is 7.75. The molecule has 2 heterocycles. The third kappa shape index (κ3) is 3.05. The zero-order valence-electron chi connectivity index (χ0n) is 13.2. The molecule has 0 aliphatic rings. The minimum absolute atomic E-state index is 0.451. The van der Waals surface area contributed by atoms with Gasteiger partial charge < -0.3 is 16.0 Å². The molecule has 6 heteroatoms. The van der Waals surface area contributed by atoms with Gasteiger partial charge in [0.05, 0.1) is 18.1 Å². The number of amides is 1. The van der Waals surface area contributed by atoms with E-state index in [1.165, 1.54) is 0 Å². The Morgan fingerprint density at radius 1 is 1.04 bits per heavy atom. The summed E-state index contributed by atoms with van der Waals surface area (Å²) >= 11 is 0. The molecule has 0 atom stereocenters. The van der Waals surface area contributed by atoms with Crippen LogP contribution in [0.1, 0.15) is 10.4 Å². The zero-order chi connectivity index (χ0) is 17.2. The van der Waals surface area contributed by atoms with Crippen LogP contribution in [0, 0.1) is 0 Å². The number of primary amides is 1. The van der Waals surface area contributed by atoms with Gasteiger partial charge in [0, 0.05) is 33.9 Å². The Bertz CT molecular complexity index is 1050. The van der Waals surface area contributed by atoms with Gasteiger partial charge in [-0.25, -0.2) is 4.98 Å². The fraction of sp³-hybridized carbons (Fsp3) is 0. The van der Waals surface area contributed by atoms with E-state index in [1.54, 1.807) is 36.7 Å². The van der Waals surface area contributed by atoms with Crippen molar-refractivity contribution >= 4 is 28.3 Å². The molecule has 0 aliphatic carbocycles. The van der Waals surface area contributed by atoms with E-state index in [0.717, 1.165) is 22.2 Å². The lowest BCUT2D eigenvalue weighted by Crippen LogP contribution is -2.10. The molecular formula is C19H15N5O. The maximum atomic E-state index is 11.2. The number of hydrogen-bond acceptors (Lipinski definition) is 4. The third-order valence-corrected chi connectivity index (χ3v) is 3.93. The van der Waals surface area contributed by atoms with Crippen molar-refractivity contribution in [1.29, 1.82) is 0 Å². The number of nitrogens with zero attached hydrogens (tertiary/aromatic N) is 2. The molecule has 0 saturated carbocycles. The fourth-order valence-electron chi connectivity index (χ4n) is 2.65. The van der Waals surface area contributed by atoms with Gasteiger partial charge in [-0.1, -0.05) is 12.1 Å². The standard InChI is InChI=1S/C19H15N5O/c20-19(25)13-3-1-12(2-4-13)17-10-21-11-18(24-17)23-15-5-6-16-14(9-15)7-8-22-16/h1-11,22H,(H2,20,25)(H,23,24). The van der Waals surface area contributed by atoms with Gasteiger partial charge in [0.15, 0.2) is 0 Å². The Kier molecular flexibility index (Phi) is 3.63. The van der Waals surface area contributed by atoms with Gasteiger partial charge in [-0.15, -0.1) is 0 Å². The largest absolute Gasteiger partial charge is 0.366 e. The highest BCUT2D eigenvalue weighted by molar-refractivity contribution is 5.93. The van der Waals surface area contributed by atoms with Crippen molar-refractivity contribution in [1.82, 2.24) is 15.0 Å². The average Bonchev–Trinajstić information content (AvgIpc) is 3.10. The highest BCUT2D eigenvalue weighted by atomic mass is 16.1. The van der Waals surface area contributed by atoms with Crippen LogP contribution in [-0.4, -0.2) is 20.9 Å². The Morgan fingerprint density at radius 2 is 1.88 bits per heavy atom. The molecule has 6 nitrogen and oxygen atoms in total. The number of nitrogens with one attached hydrogen (secondary N) is 2. The summed E-state index contributed by atoms with van der Waals surface area (Å²) in [5, 5.41) is 4.39. The molecule has 2 aromatic heterocycles. The maximum Gasteiger partial charge on any atom is 0.248 e. The van der Waals surface area contributed by atoms with Gasteiger partial charge in [-0.3, -0.25) is 9.78 Å². The van der Waals surface area contributed by atoms with Crippen molar-refractivity contribution in [2.45, 2.75) is 0 Å². The number of carbonyl (C=O) groups excluding carboxylic acids is 1. The van der Waals surface area contributed by atoms with Gasteiger partial charge >= 0.3 is 0 Å². The highest BCUT2D eigenvalue weighted by Gasteiger charge is 2.05. The minimum Gasteiger partial charge on any atom is -0.366 e. The number of benzene rings is 2. The second-order valence-electron chi connectivity index (χ2n) is 5.64. The van der Waals surface area contributed by atoms with Gasteiger partial charge in [0.25, 0.3) is 0 Å². The summed E-state index contributed by atoms with van der Waals surface area (Å²) in [6, 6.07) is 15.0. The minimum atomic E-state index is -0.451. The van der Waals surface area contributed by atoms with Crippen LogP contribution in [0.4, 0.5) is 11.5 Å². The second-order valence-corrected chi connectivity index (χ2v) is 5.64. The van der Waals surface area contributed by atoms with Crippen molar-refractivity contribution in [2.75, 3.05) is 5.32 Å². The summed E-state index contributed by atoms with van der Waals surface area (Å²) < 4.78 is 0. The number of anilines is 2. The summed E-state index contributed by atoms with van der Waals surface area (Å²) in [5.41, 5.74) is 9.32. The van der Waals surface area contributed by atoms with Crippen LogP contribution in [0.2, 0.25) is 0 Å².